The van der Waals surface area contributed by atoms with Crippen LogP contribution in [0.3, 0.4) is 0 Å². The van der Waals surface area contributed by atoms with Gasteiger partial charge in [0.05, 0.1) is 6.10 Å². The lowest BCUT2D eigenvalue weighted by molar-refractivity contribution is -0.131. The standard InChI is InChI=1S/C12H24N2O2/c1-3-5-10(13)8-12(15)14(2)9-11-6-4-7-16-11/h10-11H,3-9,13H2,1-2H3. The quantitative estimate of drug-likeness (QED) is 0.741. The average molecular weight is 228 g/mol. The Morgan fingerprint density at radius 1 is 1.62 bits per heavy atom. The fourth-order valence-corrected chi connectivity index (χ4v) is 2.05. The number of carbonyl (C=O) groups excluding carboxylic acids is 1. The van der Waals surface area contributed by atoms with Crippen molar-refractivity contribution >= 4 is 5.91 Å². The van der Waals surface area contributed by atoms with E-state index in [1.54, 1.807) is 4.90 Å². The Labute approximate surface area is 98.1 Å². The predicted molar refractivity (Wildman–Crippen MR) is 64.1 cm³/mol. The Bertz CT molecular complexity index is 215. The molecule has 0 spiro atoms. The molecule has 16 heavy (non-hydrogen) atoms. The zero-order valence-electron chi connectivity index (χ0n) is 10.4. The molecule has 2 unspecified atom stereocenters. The molecule has 2 atom stereocenters. The Hall–Kier alpha value is -0.610. The van der Waals surface area contributed by atoms with Gasteiger partial charge in [0.15, 0.2) is 0 Å². The first-order valence-corrected chi connectivity index (χ1v) is 6.24. The first-order valence-electron chi connectivity index (χ1n) is 6.24. The minimum atomic E-state index is 0.00412. The number of nitrogens with two attached hydrogens (primary N) is 1. The van der Waals surface area contributed by atoms with Gasteiger partial charge in [0.2, 0.25) is 5.91 Å². The van der Waals surface area contributed by atoms with Crippen LogP contribution in [0.25, 0.3) is 0 Å². The molecule has 0 bridgehead atoms. The lowest BCUT2D eigenvalue weighted by Gasteiger charge is -2.22. The van der Waals surface area contributed by atoms with Gasteiger partial charge < -0.3 is 15.4 Å². The highest BCUT2D eigenvalue weighted by Gasteiger charge is 2.20. The summed E-state index contributed by atoms with van der Waals surface area (Å²) in [6, 6.07) is 0.00412. The van der Waals surface area contributed by atoms with Crippen molar-refractivity contribution in [3.8, 4) is 0 Å². The van der Waals surface area contributed by atoms with Crippen LogP contribution in [-0.2, 0) is 9.53 Å². The molecule has 4 heteroatoms. The molecule has 1 aliphatic rings. The summed E-state index contributed by atoms with van der Waals surface area (Å²) in [5.41, 5.74) is 5.85. The van der Waals surface area contributed by atoms with Crippen LogP contribution in [0.15, 0.2) is 0 Å². The zero-order chi connectivity index (χ0) is 12.0. The van der Waals surface area contributed by atoms with Crippen molar-refractivity contribution in [1.82, 2.24) is 4.90 Å². The fourth-order valence-electron chi connectivity index (χ4n) is 2.05. The second-order valence-electron chi connectivity index (χ2n) is 4.66. The molecule has 1 aliphatic heterocycles. The van der Waals surface area contributed by atoms with Crippen LogP contribution >= 0.6 is 0 Å². The Morgan fingerprint density at radius 2 is 2.38 bits per heavy atom. The minimum absolute atomic E-state index is 0.00412. The third kappa shape index (κ3) is 4.49. The molecule has 1 rings (SSSR count). The van der Waals surface area contributed by atoms with E-state index in [2.05, 4.69) is 6.92 Å². The van der Waals surface area contributed by atoms with Crippen molar-refractivity contribution in [3.05, 3.63) is 0 Å². The number of rotatable bonds is 6. The summed E-state index contributed by atoms with van der Waals surface area (Å²) in [4.78, 5) is 13.6. The molecule has 1 saturated heterocycles. The molecule has 0 saturated carbocycles. The van der Waals surface area contributed by atoms with Gasteiger partial charge in [-0.1, -0.05) is 13.3 Å². The Balaban J connectivity index is 2.23. The summed E-state index contributed by atoms with van der Waals surface area (Å²) in [6.07, 6.45) is 4.82. The fraction of sp³-hybridized carbons (Fsp3) is 0.917. The highest BCUT2D eigenvalue weighted by atomic mass is 16.5. The van der Waals surface area contributed by atoms with E-state index >= 15 is 0 Å². The van der Waals surface area contributed by atoms with Gasteiger partial charge in [-0.05, 0) is 19.3 Å². The monoisotopic (exact) mass is 228 g/mol. The maximum Gasteiger partial charge on any atom is 0.223 e. The molecule has 0 aromatic heterocycles. The van der Waals surface area contributed by atoms with E-state index in [1.165, 1.54) is 0 Å². The number of amides is 1. The minimum Gasteiger partial charge on any atom is -0.376 e. The molecular weight excluding hydrogens is 204 g/mol. The summed E-state index contributed by atoms with van der Waals surface area (Å²) >= 11 is 0. The summed E-state index contributed by atoms with van der Waals surface area (Å²) < 4.78 is 5.50. The highest BCUT2D eigenvalue weighted by molar-refractivity contribution is 5.76. The van der Waals surface area contributed by atoms with Gasteiger partial charge >= 0.3 is 0 Å². The van der Waals surface area contributed by atoms with Crippen molar-refractivity contribution in [2.45, 2.75) is 51.2 Å². The van der Waals surface area contributed by atoms with Gasteiger partial charge in [-0.3, -0.25) is 4.79 Å². The maximum atomic E-state index is 11.8. The molecule has 0 radical (unpaired) electrons. The molecular formula is C12H24N2O2. The number of hydrogen-bond donors (Lipinski definition) is 1. The predicted octanol–water partition coefficient (Wildman–Crippen LogP) is 1.14. The second kappa shape index (κ2) is 6.86. The van der Waals surface area contributed by atoms with Gasteiger partial charge in [0.25, 0.3) is 0 Å². The Morgan fingerprint density at radius 3 is 2.94 bits per heavy atom. The topological polar surface area (TPSA) is 55.6 Å². The molecule has 4 nitrogen and oxygen atoms in total. The molecule has 0 aromatic rings. The van der Waals surface area contributed by atoms with Crippen LogP contribution in [0, 0.1) is 0 Å². The van der Waals surface area contributed by atoms with E-state index in [0.717, 1.165) is 32.3 Å². The van der Waals surface area contributed by atoms with E-state index in [1.807, 2.05) is 7.05 Å². The number of ether oxygens (including phenoxy) is 1. The number of hydrogen-bond acceptors (Lipinski definition) is 3. The second-order valence-corrected chi connectivity index (χ2v) is 4.66. The van der Waals surface area contributed by atoms with Gasteiger partial charge in [0, 0.05) is 32.7 Å². The van der Waals surface area contributed by atoms with Crippen LogP contribution < -0.4 is 5.73 Å². The van der Waals surface area contributed by atoms with E-state index in [4.69, 9.17) is 10.5 Å². The lowest BCUT2D eigenvalue weighted by Crippen LogP contribution is -2.37. The molecule has 0 aliphatic carbocycles. The van der Waals surface area contributed by atoms with Crippen molar-refractivity contribution in [1.29, 1.82) is 0 Å². The van der Waals surface area contributed by atoms with Crippen molar-refractivity contribution in [2.24, 2.45) is 5.73 Å². The van der Waals surface area contributed by atoms with Crippen molar-refractivity contribution < 1.29 is 9.53 Å². The van der Waals surface area contributed by atoms with Crippen LogP contribution in [-0.4, -0.2) is 43.2 Å². The summed E-state index contributed by atoms with van der Waals surface area (Å²) in [5.74, 6) is 0.136. The van der Waals surface area contributed by atoms with Crippen LogP contribution in [0.1, 0.15) is 39.0 Å². The summed E-state index contributed by atoms with van der Waals surface area (Å²) in [5, 5.41) is 0. The SMILES string of the molecule is CCCC(N)CC(=O)N(C)CC1CCCO1. The summed E-state index contributed by atoms with van der Waals surface area (Å²) in [6.45, 7) is 3.63. The average Bonchev–Trinajstić information content (AvgIpc) is 2.70. The molecule has 1 fully saturated rings. The van der Waals surface area contributed by atoms with Gasteiger partial charge in [-0.15, -0.1) is 0 Å². The van der Waals surface area contributed by atoms with E-state index in [9.17, 15) is 4.79 Å². The van der Waals surface area contributed by atoms with Crippen molar-refractivity contribution in [2.75, 3.05) is 20.2 Å². The number of carbonyl (C=O) groups is 1. The van der Waals surface area contributed by atoms with Gasteiger partial charge in [-0.25, -0.2) is 0 Å². The Kier molecular flexibility index (Phi) is 5.77. The molecule has 1 amide bonds. The first kappa shape index (κ1) is 13.5. The maximum absolute atomic E-state index is 11.8. The zero-order valence-corrected chi connectivity index (χ0v) is 10.4. The third-order valence-corrected chi connectivity index (χ3v) is 3.02. The van der Waals surface area contributed by atoms with Crippen molar-refractivity contribution in [3.63, 3.8) is 0 Å². The van der Waals surface area contributed by atoms with E-state index in [0.29, 0.717) is 13.0 Å². The molecule has 2 N–H and O–H groups in total. The van der Waals surface area contributed by atoms with E-state index < -0.39 is 0 Å². The van der Waals surface area contributed by atoms with Crippen LogP contribution in [0.5, 0.6) is 0 Å². The van der Waals surface area contributed by atoms with Gasteiger partial charge in [-0.2, -0.15) is 0 Å². The number of likely N-dealkylation sites (N-methyl/N-ethyl adjacent to an activating group) is 1. The normalized spacial score (nSPS) is 22.1. The molecule has 0 aromatic carbocycles. The van der Waals surface area contributed by atoms with Gasteiger partial charge in [0.1, 0.15) is 0 Å². The van der Waals surface area contributed by atoms with Crippen LogP contribution in [0.2, 0.25) is 0 Å². The molecule has 1 heterocycles. The first-order chi connectivity index (χ1) is 7.63. The smallest absolute Gasteiger partial charge is 0.223 e. The molecule has 94 valence electrons. The number of nitrogens with zero attached hydrogens (tertiary/aromatic N) is 1. The third-order valence-electron chi connectivity index (χ3n) is 3.02. The van der Waals surface area contributed by atoms with Crippen LogP contribution in [0.4, 0.5) is 0 Å². The highest BCUT2D eigenvalue weighted by Crippen LogP contribution is 2.13. The summed E-state index contributed by atoms with van der Waals surface area (Å²) in [7, 11) is 1.84. The largest absolute Gasteiger partial charge is 0.376 e. The lowest BCUT2D eigenvalue weighted by atomic mass is 10.1. The van der Waals surface area contributed by atoms with E-state index in [-0.39, 0.29) is 18.1 Å².